The monoisotopic (exact) mass is 611 g/mol. The Morgan fingerprint density at radius 3 is 2.76 bits per heavy atom. The van der Waals surface area contributed by atoms with Crippen LogP contribution in [0.25, 0.3) is 32.2 Å². The van der Waals surface area contributed by atoms with Crippen LogP contribution in [0.1, 0.15) is 24.8 Å². The van der Waals surface area contributed by atoms with E-state index >= 15 is 0 Å². The van der Waals surface area contributed by atoms with Crippen molar-refractivity contribution in [3.8, 4) is 34.3 Å². The van der Waals surface area contributed by atoms with Crippen LogP contribution in [0.15, 0.2) is 48.7 Å². The number of nitrogens with one attached hydrogen (secondary N) is 1. The normalized spacial score (nSPS) is 13.0. The van der Waals surface area contributed by atoms with E-state index in [-0.39, 0.29) is 24.7 Å². The standard InChI is InChI=1S/C31H28F2N3O4S.ClH/c1-37-25-6-5-18-11-24-21-15-27-26(39-17-40-27)12-19(21)7-9-36(24)16-22(18)30(25)38-10-4-2-3-8-34-31-35-29-23(33)13-20(32)14-28(29)41-31;/h5-6,11-16H,2-4,7-10,17H2,1H3,(H,34,35);1H/q+1;/p-1. The highest BCUT2D eigenvalue weighted by molar-refractivity contribution is 7.22. The van der Waals surface area contributed by atoms with Gasteiger partial charge in [-0.2, -0.15) is 4.57 Å². The molecular weight excluding hydrogens is 584 g/mol. The van der Waals surface area contributed by atoms with Gasteiger partial charge in [-0.25, -0.2) is 13.8 Å². The second kappa shape index (κ2) is 11.8. The van der Waals surface area contributed by atoms with Crippen LogP contribution in [0.5, 0.6) is 23.0 Å². The van der Waals surface area contributed by atoms with Gasteiger partial charge in [-0.15, -0.1) is 0 Å². The molecule has 0 unspecified atom stereocenters. The summed E-state index contributed by atoms with van der Waals surface area (Å²) in [4.78, 5) is 4.25. The summed E-state index contributed by atoms with van der Waals surface area (Å²) in [6, 6.07) is 12.6. The van der Waals surface area contributed by atoms with Gasteiger partial charge in [-0.3, -0.25) is 0 Å². The minimum atomic E-state index is -0.637. The molecule has 4 heterocycles. The fourth-order valence-corrected chi connectivity index (χ4v) is 6.44. The lowest BCUT2D eigenvalue weighted by molar-refractivity contribution is -0.686. The molecule has 7 nitrogen and oxygen atoms in total. The van der Waals surface area contributed by atoms with E-state index < -0.39 is 11.6 Å². The number of nitrogens with zero attached hydrogens (tertiary/aromatic N) is 2. The predicted molar refractivity (Wildman–Crippen MR) is 153 cm³/mol. The van der Waals surface area contributed by atoms with Gasteiger partial charge in [0.25, 0.3) is 0 Å². The molecular formula is C31H28ClF2N3O4S. The lowest BCUT2D eigenvalue weighted by Crippen LogP contribution is -3.00. The van der Waals surface area contributed by atoms with Crippen LogP contribution >= 0.6 is 11.3 Å². The van der Waals surface area contributed by atoms with Crippen molar-refractivity contribution in [1.29, 1.82) is 0 Å². The zero-order chi connectivity index (χ0) is 27.9. The summed E-state index contributed by atoms with van der Waals surface area (Å²) < 4.78 is 53.3. The molecule has 0 saturated carbocycles. The minimum Gasteiger partial charge on any atom is -1.00 e. The Balaban J connectivity index is 0.00000316. The third-order valence-electron chi connectivity index (χ3n) is 7.55. The molecule has 1 N–H and O–H groups in total. The molecule has 0 spiro atoms. The van der Waals surface area contributed by atoms with E-state index in [1.54, 1.807) is 7.11 Å². The smallest absolute Gasteiger partial charge is 0.231 e. The molecule has 3 aromatic carbocycles. The molecule has 0 saturated heterocycles. The Bertz CT molecular complexity index is 1800. The molecule has 0 bridgehead atoms. The van der Waals surface area contributed by atoms with Gasteiger partial charge < -0.3 is 36.7 Å². The van der Waals surface area contributed by atoms with Gasteiger partial charge >= 0.3 is 0 Å². The molecule has 5 aromatic rings. The zero-order valence-corrected chi connectivity index (χ0v) is 24.4. The molecule has 218 valence electrons. The first-order valence-corrected chi connectivity index (χ1v) is 14.5. The van der Waals surface area contributed by atoms with E-state index in [2.05, 4.69) is 45.3 Å². The maximum Gasteiger partial charge on any atom is 0.231 e. The average Bonchev–Trinajstić information content (AvgIpc) is 3.61. The van der Waals surface area contributed by atoms with Crippen molar-refractivity contribution in [2.24, 2.45) is 0 Å². The zero-order valence-electron chi connectivity index (χ0n) is 22.8. The van der Waals surface area contributed by atoms with E-state index in [9.17, 15) is 8.78 Å². The summed E-state index contributed by atoms with van der Waals surface area (Å²) in [5, 5.41) is 5.90. The summed E-state index contributed by atoms with van der Waals surface area (Å²) in [5.74, 6) is 1.83. The molecule has 2 aromatic heterocycles. The molecule has 2 aliphatic heterocycles. The number of hydrogen-bond donors (Lipinski definition) is 1. The first kappa shape index (κ1) is 28.2. The van der Waals surface area contributed by atoms with Crippen LogP contribution in [-0.2, 0) is 13.0 Å². The molecule has 0 aliphatic carbocycles. The number of fused-ring (bicyclic) bond motifs is 6. The Morgan fingerprint density at radius 1 is 1.05 bits per heavy atom. The summed E-state index contributed by atoms with van der Waals surface area (Å²) in [6.07, 6.45) is 5.76. The quantitative estimate of drug-likeness (QED) is 0.203. The van der Waals surface area contributed by atoms with Gasteiger partial charge in [-0.1, -0.05) is 11.3 Å². The van der Waals surface area contributed by atoms with E-state index in [0.717, 1.165) is 77.6 Å². The first-order chi connectivity index (χ1) is 20.1. The number of ether oxygens (including phenoxy) is 4. The highest BCUT2D eigenvalue weighted by Crippen LogP contribution is 2.41. The van der Waals surface area contributed by atoms with Crippen LogP contribution in [-0.4, -0.2) is 32.0 Å². The van der Waals surface area contributed by atoms with Crippen LogP contribution in [0.3, 0.4) is 0 Å². The third-order valence-corrected chi connectivity index (χ3v) is 8.51. The number of hydrogen-bond acceptors (Lipinski definition) is 7. The summed E-state index contributed by atoms with van der Waals surface area (Å²) in [6.45, 7) is 2.36. The second-order valence-corrected chi connectivity index (χ2v) is 11.2. The topological polar surface area (TPSA) is 65.7 Å². The van der Waals surface area contributed by atoms with Crippen LogP contribution in [0.2, 0.25) is 0 Å². The number of anilines is 1. The van der Waals surface area contributed by atoms with Crippen molar-refractivity contribution in [1.82, 2.24) is 4.98 Å². The highest BCUT2D eigenvalue weighted by atomic mass is 35.5. The Labute approximate surface area is 251 Å². The molecule has 11 heteroatoms. The average molecular weight is 612 g/mol. The highest BCUT2D eigenvalue weighted by Gasteiger charge is 2.28. The fraction of sp³-hybridized carbons (Fsp3) is 0.290. The lowest BCUT2D eigenvalue weighted by Gasteiger charge is -2.18. The van der Waals surface area contributed by atoms with E-state index in [1.165, 1.54) is 23.0 Å². The van der Waals surface area contributed by atoms with E-state index in [4.69, 9.17) is 18.9 Å². The minimum absolute atomic E-state index is 0. The van der Waals surface area contributed by atoms with Crippen molar-refractivity contribution < 1.29 is 44.7 Å². The SMILES string of the molecule is COc1ccc2cc3[n+](cc2c1OCCCCCNc1nc2c(F)cc(F)cc2s1)CCc1cc2c(cc1-3)OCO2.[Cl-]. The summed E-state index contributed by atoms with van der Waals surface area (Å²) in [5.41, 5.74) is 3.77. The van der Waals surface area contributed by atoms with Gasteiger partial charge in [0, 0.05) is 25.1 Å². The van der Waals surface area contributed by atoms with Gasteiger partial charge in [0.1, 0.15) is 11.3 Å². The van der Waals surface area contributed by atoms with Crippen molar-refractivity contribution in [2.75, 3.05) is 32.4 Å². The number of thiazole rings is 1. The third kappa shape index (κ3) is 5.25. The molecule has 0 fully saturated rings. The molecule has 42 heavy (non-hydrogen) atoms. The Kier molecular flexibility index (Phi) is 7.92. The number of aryl methyl sites for hydroxylation is 2. The maximum absolute atomic E-state index is 13.9. The Morgan fingerprint density at radius 2 is 1.90 bits per heavy atom. The second-order valence-electron chi connectivity index (χ2n) is 10.2. The van der Waals surface area contributed by atoms with Crippen molar-refractivity contribution in [2.45, 2.75) is 32.2 Å². The predicted octanol–water partition coefficient (Wildman–Crippen LogP) is 3.64. The number of unbranched alkanes of at least 4 members (excludes halogenated alkanes) is 2. The van der Waals surface area contributed by atoms with Gasteiger partial charge in [0.2, 0.25) is 12.5 Å². The van der Waals surface area contributed by atoms with Gasteiger partial charge in [0.05, 0.1) is 29.4 Å². The molecule has 2 aliphatic rings. The Hall–Kier alpha value is -3.89. The van der Waals surface area contributed by atoms with E-state index in [0.29, 0.717) is 28.7 Å². The van der Waals surface area contributed by atoms with Crippen molar-refractivity contribution in [3.05, 3.63) is 65.9 Å². The first-order valence-electron chi connectivity index (χ1n) is 13.7. The van der Waals surface area contributed by atoms with Crippen molar-refractivity contribution >= 4 is 37.5 Å². The number of rotatable bonds is 9. The van der Waals surface area contributed by atoms with Crippen molar-refractivity contribution in [3.63, 3.8) is 0 Å². The number of pyridine rings is 1. The maximum atomic E-state index is 13.9. The molecule has 0 atom stereocenters. The lowest BCUT2D eigenvalue weighted by atomic mass is 9.95. The number of halogens is 3. The molecule has 0 radical (unpaired) electrons. The van der Waals surface area contributed by atoms with Crippen LogP contribution in [0, 0.1) is 11.6 Å². The summed E-state index contributed by atoms with van der Waals surface area (Å²) >= 11 is 1.25. The number of methoxy groups -OCH3 is 1. The fourth-order valence-electron chi connectivity index (χ4n) is 5.51. The number of aromatic nitrogens is 2. The van der Waals surface area contributed by atoms with Crippen LogP contribution in [0.4, 0.5) is 13.9 Å². The van der Waals surface area contributed by atoms with Gasteiger partial charge in [-0.05, 0) is 60.5 Å². The number of benzene rings is 3. The van der Waals surface area contributed by atoms with E-state index in [1.807, 2.05) is 6.07 Å². The molecule has 0 amide bonds. The van der Waals surface area contributed by atoms with Gasteiger partial charge in [0.15, 0.2) is 46.7 Å². The summed E-state index contributed by atoms with van der Waals surface area (Å²) in [7, 11) is 1.66. The largest absolute Gasteiger partial charge is 1.00 e. The van der Waals surface area contributed by atoms with Crippen LogP contribution < -0.4 is 41.2 Å². The molecule has 7 rings (SSSR count).